The van der Waals surface area contributed by atoms with E-state index in [1.54, 1.807) is 11.9 Å². The highest BCUT2D eigenvalue weighted by Crippen LogP contribution is 2.65. The predicted octanol–water partition coefficient (Wildman–Crippen LogP) is 4.62. The Hall–Kier alpha value is -1.91. The van der Waals surface area contributed by atoms with Gasteiger partial charge in [-0.25, -0.2) is 9.67 Å². The molecule has 5 rings (SSSR count). The molecule has 0 aliphatic heterocycles. The molecule has 4 aliphatic carbocycles. The number of carbonyl (C=O) groups is 1. The van der Waals surface area contributed by atoms with Crippen molar-refractivity contribution >= 4 is 11.7 Å². The summed E-state index contributed by atoms with van der Waals surface area (Å²) in [7, 11) is 0. The average molecular weight is 382 g/mol. The molecule has 2 fully saturated rings. The van der Waals surface area contributed by atoms with Crippen LogP contribution < -0.4 is 0 Å². The van der Waals surface area contributed by atoms with Gasteiger partial charge in [-0.1, -0.05) is 31.6 Å². The van der Waals surface area contributed by atoms with Crippen molar-refractivity contribution in [3.8, 4) is 0 Å². The van der Waals surface area contributed by atoms with Gasteiger partial charge < -0.3 is 4.74 Å². The monoisotopic (exact) mass is 381 g/mol. The third-order valence-corrected chi connectivity index (χ3v) is 8.60. The van der Waals surface area contributed by atoms with Crippen LogP contribution >= 0.6 is 0 Å². The van der Waals surface area contributed by atoms with E-state index in [0.29, 0.717) is 5.92 Å². The number of aromatic nitrogens is 3. The fourth-order valence-electron chi connectivity index (χ4n) is 7.20. The zero-order valence-electron chi connectivity index (χ0n) is 17.2. The van der Waals surface area contributed by atoms with Gasteiger partial charge in [0.2, 0.25) is 0 Å². The Kier molecular flexibility index (Phi) is 4.08. The summed E-state index contributed by atoms with van der Waals surface area (Å²) in [4.78, 5) is 15.6. The van der Waals surface area contributed by atoms with E-state index in [9.17, 15) is 4.79 Å². The smallest absolute Gasteiger partial charge is 0.302 e. The van der Waals surface area contributed by atoms with Gasteiger partial charge in [0.15, 0.2) is 0 Å². The second-order valence-corrected chi connectivity index (χ2v) is 9.85. The lowest BCUT2D eigenvalue weighted by Gasteiger charge is -2.57. The highest BCUT2D eigenvalue weighted by molar-refractivity contribution is 5.66. The van der Waals surface area contributed by atoms with Gasteiger partial charge in [-0.3, -0.25) is 4.79 Å². The maximum Gasteiger partial charge on any atom is 0.302 e. The second-order valence-electron chi connectivity index (χ2n) is 9.85. The Labute approximate surface area is 167 Å². The molecule has 0 amide bonds. The molecule has 1 heterocycles. The van der Waals surface area contributed by atoms with Gasteiger partial charge in [0.25, 0.3) is 0 Å². The Balaban J connectivity index is 1.41. The molecule has 28 heavy (non-hydrogen) atoms. The first-order valence-corrected chi connectivity index (χ1v) is 10.8. The van der Waals surface area contributed by atoms with Crippen molar-refractivity contribution in [2.75, 3.05) is 0 Å². The zero-order valence-corrected chi connectivity index (χ0v) is 17.2. The molecule has 6 atom stereocenters. The lowest BCUT2D eigenvalue weighted by atomic mass is 9.48. The number of carbonyl (C=O) groups excluding carboxylic acids is 1. The molecule has 2 saturated carbocycles. The van der Waals surface area contributed by atoms with Crippen molar-refractivity contribution in [3.05, 3.63) is 30.4 Å². The summed E-state index contributed by atoms with van der Waals surface area (Å²) in [6, 6.07) is 0. The van der Waals surface area contributed by atoms with Crippen LogP contribution in [0.15, 0.2) is 30.4 Å². The van der Waals surface area contributed by atoms with E-state index in [1.165, 1.54) is 31.9 Å². The van der Waals surface area contributed by atoms with Crippen LogP contribution in [0.2, 0.25) is 0 Å². The number of ether oxygens (including phenoxy) is 1. The van der Waals surface area contributed by atoms with Crippen LogP contribution in [0.5, 0.6) is 0 Å². The molecular formula is C23H31N3O2. The first kappa shape index (κ1) is 18.1. The number of nitrogens with zero attached hydrogens (tertiary/aromatic N) is 3. The van der Waals surface area contributed by atoms with Gasteiger partial charge in [0.1, 0.15) is 18.8 Å². The molecule has 0 aromatic carbocycles. The summed E-state index contributed by atoms with van der Waals surface area (Å²) in [5.74, 6) is 2.02. The van der Waals surface area contributed by atoms with E-state index in [4.69, 9.17) is 4.74 Å². The molecule has 1 aromatic rings. The molecule has 1 aromatic heterocycles. The van der Waals surface area contributed by atoms with Gasteiger partial charge in [0.05, 0.1) is 0 Å². The highest BCUT2D eigenvalue weighted by Gasteiger charge is 2.57. The first-order chi connectivity index (χ1) is 13.4. The first-order valence-electron chi connectivity index (χ1n) is 10.8. The molecule has 0 radical (unpaired) electrons. The molecule has 0 spiro atoms. The molecule has 4 aliphatic rings. The lowest BCUT2D eigenvalue weighted by molar-refractivity contribution is -0.148. The SMILES string of the molecule is CC(=O)O[C@H]1CC[C@@]2(C)C(=CCC3C2CC[C@]2(C)C(n4cncn4)=CCC32)C1. The van der Waals surface area contributed by atoms with Gasteiger partial charge in [0, 0.05) is 24.5 Å². The minimum absolute atomic E-state index is 0.0781. The highest BCUT2D eigenvalue weighted by atomic mass is 16.5. The third kappa shape index (κ3) is 2.54. The molecule has 3 unspecified atom stereocenters. The van der Waals surface area contributed by atoms with Gasteiger partial charge in [-0.2, -0.15) is 5.10 Å². The minimum atomic E-state index is -0.144. The Bertz CT molecular complexity index is 842. The van der Waals surface area contributed by atoms with E-state index >= 15 is 0 Å². The molecular weight excluding hydrogens is 350 g/mol. The van der Waals surface area contributed by atoms with Crippen LogP contribution in [-0.2, 0) is 9.53 Å². The molecule has 5 nitrogen and oxygen atoms in total. The van der Waals surface area contributed by atoms with E-state index < -0.39 is 0 Å². The molecule has 0 saturated heterocycles. The number of allylic oxidation sites excluding steroid dienone is 3. The van der Waals surface area contributed by atoms with Crippen molar-refractivity contribution < 1.29 is 9.53 Å². The maximum atomic E-state index is 11.4. The van der Waals surface area contributed by atoms with Gasteiger partial charge in [-0.15, -0.1) is 0 Å². The summed E-state index contributed by atoms with van der Waals surface area (Å²) < 4.78 is 7.55. The standard InChI is InChI=1S/C23H31N3O2/c1-15(27)28-17-8-10-22(2)16(12-17)4-5-18-19-6-7-21(26-14-24-13-25-26)23(19,3)11-9-20(18)22/h4,7,13-14,17-20H,5-6,8-12H2,1-3H3/t17-,18?,19?,20?,22-,23-/m0/s1. The third-order valence-electron chi connectivity index (χ3n) is 8.60. The summed E-state index contributed by atoms with van der Waals surface area (Å²) in [6.07, 6.45) is 16.4. The van der Waals surface area contributed by atoms with Crippen LogP contribution in [0.1, 0.15) is 65.7 Å². The summed E-state index contributed by atoms with van der Waals surface area (Å²) in [6.45, 7) is 6.47. The van der Waals surface area contributed by atoms with Gasteiger partial charge in [-0.05, 0) is 61.7 Å². The predicted molar refractivity (Wildman–Crippen MR) is 107 cm³/mol. The van der Waals surface area contributed by atoms with E-state index in [-0.39, 0.29) is 22.9 Å². The molecule has 0 bridgehead atoms. The molecule has 5 heteroatoms. The Morgan fingerprint density at radius 2 is 1.96 bits per heavy atom. The molecule has 0 N–H and O–H groups in total. The topological polar surface area (TPSA) is 57.0 Å². The van der Waals surface area contributed by atoms with Crippen LogP contribution in [-0.4, -0.2) is 26.8 Å². The summed E-state index contributed by atoms with van der Waals surface area (Å²) >= 11 is 0. The van der Waals surface area contributed by atoms with Crippen molar-refractivity contribution in [1.29, 1.82) is 0 Å². The quantitative estimate of drug-likeness (QED) is 0.554. The largest absolute Gasteiger partial charge is 0.462 e. The fraction of sp³-hybridized carbons (Fsp3) is 0.696. The fourth-order valence-corrected chi connectivity index (χ4v) is 7.20. The zero-order chi connectivity index (χ0) is 19.5. The minimum Gasteiger partial charge on any atom is -0.462 e. The van der Waals surface area contributed by atoms with Crippen LogP contribution in [0.3, 0.4) is 0 Å². The van der Waals surface area contributed by atoms with E-state index in [1.807, 2.05) is 11.0 Å². The maximum absolute atomic E-state index is 11.4. The number of fused-ring (bicyclic) bond motifs is 5. The van der Waals surface area contributed by atoms with E-state index in [0.717, 1.165) is 37.5 Å². The van der Waals surface area contributed by atoms with Crippen molar-refractivity contribution in [3.63, 3.8) is 0 Å². The average Bonchev–Trinajstić information content (AvgIpc) is 3.28. The Morgan fingerprint density at radius 3 is 2.71 bits per heavy atom. The van der Waals surface area contributed by atoms with Crippen molar-refractivity contribution in [2.24, 2.45) is 28.6 Å². The van der Waals surface area contributed by atoms with Crippen LogP contribution in [0.25, 0.3) is 5.70 Å². The second kappa shape index (κ2) is 6.30. The summed E-state index contributed by atoms with van der Waals surface area (Å²) in [5, 5.41) is 4.43. The normalized spacial score (nSPS) is 42.0. The number of hydrogen-bond donors (Lipinski definition) is 0. The number of rotatable bonds is 2. The van der Waals surface area contributed by atoms with Crippen molar-refractivity contribution in [1.82, 2.24) is 14.8 Å². The van der Waals surface area contributed by atoms with Crippen LogP contribution in [0.4, 0.5) is 0 Å². The summed E-state index contributed by atoms with van der Waals surface area (Å²) in [5.41, 5.74) is 3.38. The van der Waals surface area contributed by atoms with Gasteiger partial charge >= 0.3 is 5.97 Å². The van der Waals surface area contributed by atoms with Crippen molar-refractivity contribution in [2.45, 2.75) is 71.8 Å². The molecule has 150 valence electrons. The number of hydrogen-bond acceptors (Lipinski definition) is 4. The Morgan fingerprint density at radius 1 is 1.14 bits per heavy atom. The van der Waals surface area contributed by atoms with Crippen LogP contribution in [0, 0.1) is 28.6 Å². The lowest BCUT2D eigenvalue weighted by Crippen LogP contribution is -2.50. The van der Waals surface area contributed by atoms with E-state index in [2.05, 4.69) is 36.1 Å². The number of esters is 1.